The first kappa shape index (κ1) is 18.8. The van der Waals surface area contributed by atoms with Gasteiger partial charge in [-0.25, -0.2) is 4.79 Å². The zero-order chi connectivity index (χ0) is 18.4. The number of ether oxygens (including phenoxy) is 1. The van der Waals surface area contributed by atoms with E-state index in [0.29, 0.717) is 27.0 Å². The van der Waals surface area contributed by atoms with Gasteiger partial charge in [0.05, 0.1) is 22.7 Å². The lowest BCUT2D eigenvalue weighted by Gasteiger charge is -2.08. The van der Waals surface area contributed by atoms with E-state index in [1.165, 1.54) is 25.3 Å². The molecule has 2 aromatic carbocycles. The number of anilines is 2. The van der Waals surface area contributed by atoms with E-state index in [1.54, 1.807) is 24.3 Å². The van der Waals surface area contributed by atoms with E-state index < -0.39 is 24.2 Å². The first-order valence-corrected chi connectivity index (χ1v) is 7.88. The number of esters is 1. The third kappa shape index (κ3) is 5.48. The fraction of sp³-hybridized carbons (Fsp3) is 0.118. The number of carbonyl (C=O) groups excluding carboxylic acids is 3. The molecule has 130 valence electrons. The lowest BCUT2D eigenvalue weighted by molar-refractivity contribution is -0.123. The molecule has 6 nitrogen and oxygen atoms in total. The summed E-state index contributed by atoms with van der Waals surface area (Å²) in [7, 11) is 1.26. The highest BCUT2D eigenvalue weighted by Gasteiger charge is 2.12. The van der Waals surface area contributed by atoms with Gasteiger partial charge in [0.15, 0.2) is 0 Å². The molecule has 0 radical (unpaired) electrons. The van der Waals surface area contributed by atoms with Gasteiger partial charge in [-0.3, -0.25) is 9.59 Å². The number of halogens is 2. The maximum Gasteiger partial charge on any atom is 0.337 e. The van der Waals surface area contributed by atoms with Crippen LogP contribution in [0.4, 0.5) is 11.4 Å². The van der Waals surface area contributed by atoms with Crippen molar-refractivity contribution in [2.75, 3.05) is 17.7 Å². The van der Waals surface area contributed by atoms with Crippen molar-refractivity contribution in [3.8, 4) is 0 Å². The molecule has 2 rings (SSSR count). The van der Waals surface area contributed by atoms with Gasteiger partial charge >= 0.3 is 5.97 Å². The van der Waals surface area contributed by atoms with Crippen LogP contribution in [0, 0.1) is 0 Å². The number of rotatable bonds is 5. The third-order valence-corrected chi connectivity index (χ3v) is 3.83. The van der Waals surface area contributed by atoms with Gasteiger partial charge in [0.1, 0.15) is 6.42 Å². The summed E-state index contributed by atoms with van der Waals surface area (Å²) in [6.45, 7) is 0. The van der Waals surface area contributed by atoms with E-state index in [0.717, 1.165) is 0 Å². The molecule has 0 aliphatic carbocycles. The van der Waals surface area contributed by atoms with E-state index in [9.17, 15) is 14.4 Å². The lowest BCUT2D eigenvalue weighted by atomic mass is 10.2. The largest absolute Gasteiger partial charge is 0.465 e. The monoisotopic (exact) mass is 380 g/mol. The average molecular weight is 381 g/mol. The van der Waals surface area contributed by atoms with Crippen LogP contribution in [0.1, 0.15) is 16.8 Å². The van der Waals surface area contributed by atoms with Crippen LogP contribution in [0.15, 0.2) is 42.5 Å². The summed E-state index contributed by atoms with van der Waals surface area (Å²) >= 11 is 11.7. The molecule has 0 bridgehead atoms. The van der Waals surface area contributed by atoms with Gasteiger partial charge in [0.2, 0.25) is 11.8 Å². The highest BCUT2D eigenvalue weighted by Crippen LogP contribution is 2.25. The van der Waals surface area contributed by atoms with Gasteiger partial charge in [-0.05, 0) is 36.4 Å². The standard InChI is InChI=1S/C17H14Cl2N2O4/c1-25-17(24)10-3-2-4-11(7-10)20-15(22)9-16(23)21-12-5-6-13(18)14(19)8-12/h2-8H,9H2,1H3,(H,20,22)(H,21,23). The highest BCUT2D eigenvalue weighted by molar-refractivity contribution is 6.42. The third-order valence-electron chi connectivity index (χ3n) is 3.09. The molecule has 0 heterocycles. The van der Waals surface area contributed by atoms with Crippen molar-refractivity contribution in [1.82, 2.24) is 0 Å². The highest BCUT2D eigenvalue weighted by atomic mass is 35.5. The number of methoxy groups -OCH3 is 1. The fourth-order valence-electron chi connectivity index (χ4n) is 1.97. The van der Waals surface area contributed by atoms with Crippen molar-refractivity contribution in [2.24, 2.45) is 0 Å². The molecule has 0 fully saturated rings. The predicted octanol–water partition coefficient (Wildman–Crippen LogP) is 3.75. The minimum Gasteiger partial charge on any atom is -0.465 e. The maximum absolute atomic E-state index is 11.9. The number of carbonyl (C=O) groups is 3. The van der Waals surface area contributed by atoms with E-state index >= 15 is 0 Å². The second-order valence-corrected chi connectivity index (χ2v) is 5.79. The van der Waals surface area contributed by atoms with Crippen LogP contribution in [0.5, 0.6) is 0 Å². The maximum atomic E-state index is 11.9. The number of hydrogen-bond acceptors (Lipinski definition) is 4. The number of hydrogen-bond donors (Lipinski definition) is 2. The average Bonchev–Trinajstić information content (AvgIpc) is 2.57. The zero-order valence-corrected chi connectivity index (χ0v) is 14.6. The summed E-state index contributed by atoms with van der Waals surface area (Å²) in [5.41, 5.74) is 1.11. The van der Waals surface area contributed by atoms with Crippen molar-refractivity contribution < 1.29 is 19.1 Å². The molecular weight excluding hydrogens is 367 g/mol. The van der Waals surface area contributed by atoms with Crippen molar-refractivity contribution in [3.63, 3.8) is 0 Å². The molecule has 2 amide bonds. The molecule has 0 atom stereocenters. The van der Waals surface area contributed by atoms with Crippen LogP contribution in [0.2, 0.25) is 10.0 Å². The number of nitrogens with one attached hydrogen (secondary N) is 2. The molecule has 0 spiro atoms. The van der Waals surface area contributed by atoms with E-state index in [-0.39, 0.29) is 0 Å². The van der Waals surface area contributed by atoms with Crippen molar-refractivity contribution in [1.29, 1.82) is 0 Å². The Morgan fingerprint density at radius 1 is 0.920 bits per heavy atom. The smallest absolute Gasteiger partial charge is 0.337 e. The molecule has 25 heavy (non-hydrogen) atoms. The van der Waals surface area contributed by atoms with Gasteiger partial charge in [-0.15, -0.1) is 0 Å². The van der Waals surface area contributed by atoms with Gasteiger partial charge in [-0.2, -0.15) is 0 Å². The minimum atomic E-state index is -0.528. The molecule has 2 aromatic rings. The second kappa shape index (κ2) is 8.50. The molecular formula is C17H14Cl2N2O4. The molecule has 0 aliphatic heterocycles. The van der Waals surface area contributed by atoms with Crippen molar-refractivity contribution in [3.05, 3.63) is 58.1 Å². The number of amides is 2. The predicted molar refractivity (Wildman–Crippen MR) is 96.1 cm³/mol. The molecule has 2 N–H and O–H groups in total. The fourth-order valence-corrected chi connectivity index (χ4v) is 2.27. The Bertz CT molecular complexity index is 824. The van der Waals surface area contributed by atoms with Crippen LogP contribution < -0.4 is 10.6 Å². The Kier molecular flexibility index (Phi) is 6.38. The summed E-state index contributed by atoms with van der Waals surface area (Å²) in [6.07, 6.45) is -0.400. The van der Waals surface area contributed by atoms with Gasteiger partial charge in [0.25, 0.3) is 0 Å². The Balaban J connectivity index is 1.94. The summed E-state index contributed by atoms with van der Waals surface area (Å²) in [5.74, 6) is -1.56. The Hall–Kier alpha value is -2.57. The summed E-state index contributed by atoms with van der Waals surface area (Å²) in [5, 5.41) is 5.75. The molecule has 0 saturated carbocycles. The molecule has 0 saturated heterocycles. The lowest BCUT2D eigenvalue weighted by Crippen LogP contribution is -2.21. The van der Waals surface area contributed by atoms with E-state index in [4.69, 9.17) is 23.2 Å². The Morgan fingerprint density at radius 3 is 2.16 bits per heavy atom. The normalized spacial score (nSPS) is 10.0. The first-order chi connectivity index (χ1) is 11.9. The summed E-state index contributed by atoms with van der Waals surface area (Å²) < 4.78 is 4.61. The summed E-state index contributed by atoms with van der Waals surface area (Å²) in [6, 6.07) is 10.8. The van der Waals surface area contributed by atoms with Crippen molar-refractivity contribution in [2.45, 2.75) is 6.42 Å². The zero-order valence-electron chi connectivity index (χ0n) is 13.1. The topological polar surface area (TPSA) is 84.5 Å². The SMILES string of the molecule is COC(=O)c1cccc(NC(=O)CC(=O)Nc2ccc(Cl)c(Cl)c2)c1. The van der Waals surface area contributed by atoms with Crippen LogP contribution in [0.3, 0.4) is 0 Å². The second-order valence-electron chi connectivity index (χ2n) is 4.97. The van der Waals surface area contributed by atoms with Crippen molar-refractivity contribution >= 4 is 52.4 Å². The van der Waals surface area contributed by atoms with E-state index in [2.05, 4.69) is 15.4 Å². The molecule has 0 unspecified atom stereocenters. The van der Waals surface area contributed by atoms with Crippen LogP contribution in [-0.4, -0.2) is 24.9 Å². The quantitative estimate of drug-likeness (QED) is 0.610. The molecule has 0 aromatic heterocycles. The Morgan fingerprint density at radius 2 is 1.56 bits per heavy atom. The first-order valence-electron chi connectivity index (χ1n) is 7.12. The molecule has 0 aliphatic rings. The van der Waals surface area contributed by atoms with Crippen LogP contribution in [-0.2, 0) is 14.3 Å². The van der Waals surface area contributed by atoms with Gasteiger partial charge < -0.3 is 15.4 Å². The van der Waals surface area contributed by atoms with Crippen LogP contribution in [0.25, 0.3) is 0 Å². The van der Waals surface area contributed by atoms with Gasteiger partial charge in [0, 0.05) is 11.4 Å². The number of benzene rings is 2. The van der Waals surface area contributed by atoms with E-state index in [1.807, 2.05) is 0 Å². The van der Waals surface area contributed by atoms with Gasteiger partial charge in [-0.1, -0.05) is 29.3 Å². The van der Waals surface area contributed by atoms with Crippen LogP contribution >= 0.6 is 23.2 Å². The molecule has 8 heteroatoms. The Labute approximate surface area is 154 Å². The minimum absolute atomic E-state index is 0.292. The summed E-state index contributed by atoms with van der Waals surface area (Å²) in [4.78, 5) is 35.3.